The molecule has 8 heteroatoms. The van der Waals surface area contributed by atoms with E-state index in [0.29, 0.717) is 25.1 Å². The zero-order valence-corrected chi connectivity index (χ0v) is 14.8. The number of rotatable bonds is 3. The van der Waals surface area contributed by atoms with Gasteiger partial charge >= 0.3 is 0 Å². The molecule has 1 amide bonds. The van der Waals surface area contributed by atoms with Crippen LogP contribution in [0.15, 0.2) is 23.1 Å². The van der Waals surface area contributed by atoms with Crippen LogP contribution in [0.4, 0.5) is 4.39 Å². The lowest BCUT2D eigenvalue weighted by atomic mass is 10.0. The fourth-order valence-electron chi connectivity index (χ4n) is 3.73. The molecule has 0 radical (unpaired) electrons. The van der Waals surface area contributed by atoms with Gasteiger partial charge in [0, 0.05) is 26.2 Å². The Morgan fingerprint density at radius 1 is 1.33 bits per heavy atom. The standard InChI is InChI=1S/C16H22FN3O3S/c1-10-4-5-12(7-13(10)17)24(22,23)20-8-11-6-14(16(21)18-2)19(3)15(11)9-20/h4-5,7,11,14-15H,6,8-9H2,1-3H3,(H,18,21)/t11?,14-,15?/m0/s1. The van der Waals surface area contributed by atoms with Crippen molar-refractivity contribution < 1.29 is 17.6 Å². The van der Waals surface area contributed by atoms with Crippen LogP contribution in [0.2, 0.25) is 0 Å². The van der Waals surface area contributed by atoms with Gasteiger partial charge in [-0.2, -0.15) is 4.31 Å². The molecular formula is C16H22FN3O3S. The molecule has 1 N–H and O–H groups in total. The number of nitrogens with zero attached hydrogens (tertiary/aromatic N) is 2. The second-order valence-corrected chi connectivity index (χ2v) is 8.53. The van der Waals surface area contributed by atoms with Gasteiger partial charge in [0.15, 0.2) is 0 Å². The largest absolute Gasteiger partial charge is 0.358 e. The fraction of sp³-hybridized carbons (Fsp3) is 0.562. The number of hydrogen-bond acceptors (Lipinski definition) is 4. The van der Waals surface area contributed by atoms with E-state index in [-0.39, 0.29) is 28.8 Å². The maximum atomic E-state index is 13.7. The van der Waals surface area contributed by atoms with Crippen LogP contribution in [0.1, 0.15) is 12.0 Å². The van der Waals surface area contributed by atoms with Crippen molar-refractivity contribution in [2.75, 3.05) is 27.2 Å². The summed E-state index contributed by atoms with van der Waals surface area (Å²) in [5.74, 6) is -0.448. The topological polar surface area (TPSA) is 69.7 Å². The van der Waals surface area contributed by atoms with E-state index >= 15 is 0 Å². The van der Waals surface area contributed by atoms with Crippen LogP contribution in [0, 0.1) is 18.7 Å². The number of carbonyl (C=O) groups is 1. The third-order valence-electron chi connectivity index (χ3n) is 5.24. The molecule has 2 heterocycles. The highest BCUT2D eigenvalue weighted by molar-refractivity contribution is 7.89. The van der Waals surface area contributed by atoms with Crippen LogP contribution in [0.5, 0.6) is 0 Å². The average Bonchev–Trinajstić information content (AvgIpc) is 3.09. The number of amides is 1. The summed E-state index contributed by atoms with van der Waals surface area (Å²) >= 11 is 0. The van der Waals surface area contributed by atoms with E-state index in [4.69, 9.17) is 0 Å². The summed E-state index contributed by atoms with van der Waals surface area (Å²) in [6.07, 6.45) is 0.634. The Morgan fingerprint density at radius 2 is 2.04 bits per heavy atom. The Kier molecular flexibility index (Phi) is 4.39. The van der Waals surface area contributed by atoms with E-state index in [1.54, 1.807) is 14.0 Å². The lowest BCUT2D eigenvalue weighted by Gasteiger charge is -2.25. The molecule has 0 aliphatic carbocycles. The highest BCUT2D eigenvalue weighted by atomic mass is 32.2. The number of nitrogens with one attached hydrogen (secondary N) is 1. The first-order chi connectivity index (χ1) is 11.3. The van der Waals surface area contributed by atoms with Crippen molar-refractivity contribution in [1.29, 1.82) is 0 Å². The van der Waals surface area contributed by atoms with E-state index in [9.17, 15) is 17.6 Å². The molecular weight excluding hydrogens is 333 g/mol. The summed E-state index contributed by atoms with van der Waals surface area (Å²) in [6, 6.07) is 3.80. The predicted molar refractivity (Wildman–Crippen MR) is 87.4 cm³/mol. The van der Waals surface area contributed by atoms with Crippen molar-refractivity contribution in [1.82, 2.24) is 14.5 Å². The minimum absolute atomic E-state index is 0.0115. The SMILES string of the molecule is CNC(=O)[C@@H]1CC2CN(S(=O)(=O)c3ccc(C)c(F)c3)CC2N1C. The van der Waals surface area contributed by atoms with Gasteiger partial charge in [-0.05, 0) is 44.0 Å². The summed E-state index contributed by atoms with van der Waals surface area (Å²) in [4.78, 5) is 13.8. The number of benzene rings is 1. The van der Waals surface area contributed by atoms with Crippen molar-refractivity contribution >= 4 is 15.9 Å². The first kappa shape index (κ1) is 17.3. The highest BCUT2D eigenvalue weighted by Crippen LogP contribution is 2.37. The van der Waals surface area contributed by atoms with E-state index in [1.165, 1.54) is 16.4 Å². The van der Waals surface area contributed by atoms with Gasteiger partial charge in [0.25, 0.3) is 0 Å². The smallest absolute Gasteiger partial charge is 0.243 e. The molecule has 2 aliphatic heterocycles. The first-order valence-corrected chi connectivity index (χ1v) is 9.39. The minimum Gasteiger partial charge on any atom is -0.358 e. The Bertz CT molecular complexity index is 768. The second-order valence-electron chi connectivity index (χ2n) is 6.59. The lowest BCUT2D eigenvalue weighted by molar-refractivity contribution is -0.125. The molecule has 3 rings (SSSR count). The monoisotopic (exact) mass is 355 g/mol. The molecule has 0 bridgehead atoms. The van der Waals surface area contributed by atoms with Gasteiger partial charge in [-0.25, -0.2) is 12.8 Å². The number of halogens is 1. The average molecular weight is 355 g/mol. The van der Waals surface area contributed by atoms with E-state index in [0.717, 1.165) is 6.07 Å². The fourth-order valence-corrected chi connectivity index (χ4v) is 5.26. The molecule has 0 spiro atoms. The molecule has 6 nitrogen and oxygen atoms in total. The molecule has 24 heavy (non-hydrogen) atoms. The first-order valence-electron chi connectivity index (χ1n) is 7.95. The number of likely N-dealkylation sites (N-methyl/N-ethyl adjacent to an activating group) is 2. The molecule has 3 atom stereocenters. The van der Waals surface area contributed by atoms with Gasteiger partial charge in [0.2, 0.25) is 15.9 Å². The molecule has 2 aliphatic rings. The summed E-state index contributed by atoms with van der Waals surface area (Å²) in [6.45, 7) is 2.28. The van der Waals surface area contributed by atoms with E-state index < -0.39 is 15.8 Å². The Balaban J connectivity index is 1.79. The van der Waals surface area contributed by atoms with Crippen LogP contribution in [-0.2, 0) is 14.8 Å². The summed E-state index contributed by atoms with van der Waals surface area (Å²) in [7, 11) is -0.263. The van der Waals surface area contributed by atoms with Crippen LogP contribution < -0.4 is 5.32 Å². The van der Waals surface area contributed by atoms with Crippen molar-refractivity contribution in [2.45, 2.75) is 30.3 Å². The van der Waals surface area contributed by atoms with Crippen molar-refractivity contribution in [3.63, 3.8) is 0 Å². The predicted octanol–water partition coefficient (Wildman–Crippen LogP) is 0.573. The van der Waals surface area contributed by atoms with Crippen LogP contribution in [0.3, 0.4) is 0 Å². The van der Waals surface area contributed by atoms with Gasteiger partial charge in [0.1, 0.15) is 5.82 Å². The molecule has 2 saturated heterocycles. The zero-order chi connectivity index (χ0) is 17.6. The number of fused-ring (bicyclic) bond motifs is 1. The van der Waals surface area contributed by atoms with Gasteiger partial charge in [-0.15, -0.1) is 0 Å². The van der Waals surface area contributed by atoms with Crippen LogP contribution in [0.25, 0.3) is 0 Å². The molecule has 132 valence electrons. The van der Waals surface area contributed by atoms with Gasteiger partial charge in [0.05, 0.1) is 10.9 Å². The molecule has 2 unspecified atom stereocenters. The third-order valence-corrected chi connectivity index (χ3v) is 7.07. The van der Waals surface area contributed by atoms with Gasteiger partial charge < -0.3 is 5.32 Å². The van der Waals surface area contributed by atoms with Gasteiger partial charge in [-0.1, -0.05) is 6.07 Å². The summed E-state index contributed by atoms with van der Waals surface area (Å²) < 4.78 is 40.7. The molecule has 1 aromatic carbocycles. The molecule has 0 aromatic heterocycles. The van der Waals surface area contributed by atoms with Crippen LogP contribution >= 0.6 is 0 Å². The third kappa shape index (κ3) is 2.72. The zero-order valence-electron chi connectivity index (χ0n) is 14.0. The normalized spacial score (nSPS) is 28.1. The second kappa shape index (κ2) is 6.09. The Morgan fingerprint density at radius 3 is 2.62 bits per heavy atom. The van der Waals surface area contributed by atoms with E-state index in [2.05, 4.69) is 5.32 Å². The number of hydrogen-bond donors (Lipinski definition) is 1. The molecule has 0 saturated carbocycles. The van der Waals surface area contributed by atoms with Crippen molar-refractivity contribution in [2.24, 2.45) is 5.92 Å². The molecule has 2 fully saturated rings. The Labute approximate surface area is 141 Å². The summed E-state index contributed by atoms with van der Waals surface area (Å²) in [5.41, 5.74) is 0.417. The van der Waals surface area contributed by atoms with E-state index in [1.807, 2.05) is 11.9 Å². The number of carbonyl (C=O) groups excluding carboxylic acids is 1. The Hall–Kier alpha value is -1.51. The maximum Gasteiger partial charge on any atom is 0.243 e. The molecule has 1 aromatic rings. The minimum atomic E-state index is -3.72. The number of likely N-dealkylation sites (tertiary alicyclic amines) is 1. The lowest BCUT2D eigenvalue weighted by Crippen LogP contribution is -2.45. The summed E-state index contributed by atoms with van der Waals surface area (Å²) in [5, 5.41) is 2.65. The maximum absolute atomic E-state index is 13.7. The highest BCUT2D eigenvalue weighted by Gasteiger charge is 2.49. The van der Waals surface area contributed by atoms with Gasteiger partial charge in [-0.3, -0.25) is 9.69 Å². The van der Waals surface area contributed by atoms with Crippen molar-refractivity contribution in [3.05, 3.63) is 29.6 Å². The number of sulfonamides is 1. The van der Waals surface area contributed by atoms with Crippen molar-refractivity contribution in [3.8, 4) is 0 Å². The number of aryl methyl sites for hydroxylation is 1. The van der Waals surface area contributed by atoms with Crippen LogP contribution in [-0.4, -0.2) is 62.8 Å². The quantitative estimate of drug-likeness (QED) is 0.861.